The van der Waals surface area contributed by atoms with Crippen molar-refractivity contribution in [1.82, 2.24) is 25.1 Å². The lowest BCUT2D eigenvalue weighted by Gasteiger charge is -2.21. The molecule has 0 aliphatic rings. The Labute approximate surface area is 86.2 Å². The first kappa shape index (κ1) is 9.54. The largest absolute Gasteiger partial charge is 0.306 e. The zero-order valence-electron chi connectivity index (χ0n) is 8.48. The predicted octanol–water partition coefficient (Wildman–Crippen LogP) is 1.03. The van der Waals surface area contributed by atoms with Crippen LogP contribution in [0, 0.1) is 0 Å². The summed E-state index contributed by atoms with van der Waals surface area (Å²) in [6, 6.07) is 0. The van der Waals surface area contributed by atoms with E-state index in [0.29, 0.717) is 0 Å². The van der Waals surface area contributed by atoms with Gasteiger partial charge in [-0.05, 0) is 20.4 Å². The molecule has 2 aromatic heterocycles. The van der Waals surface area contributed by atoms with Gasteiger partial charge in [0.05, 0.1) is 5.54 Å². The van der Waals surface area contributed by atoms with Crippen molar-refractivity contribution in [2.75, 3.05) is 6.54 Å². The van der Waals surface area contributed by atoms with Gasteiger partial charge in [-0.15, -0.1) is 10.2 Å². The number of hydrogen-bond donors (Lipinski definition) is 1. The normalized spacial score (nSPS) is 12.5. The molecule has 0 aliphatic carbocycles. The third-order valence-electron chi connectivity index (χ3n) is 2.04. The Kier molecular flexibility index (Phi) is 2.24. The van der Waals surface area contributed by atoms with Crippen molar-refractivity contribution in [2.45, 2.75) is 26.3 Å². The standard InChI is InChI=1S/C8H13N5S/c1-4-9-8(2,3)6-12-13-5-10-11-7(13)14-6/h5,9H,4H2,1-3H3. The van der Waals surface area contributed by atoms with Gasteiger partial charge in [0.25, 0.3) is 0 Å². The lowest BCUT2D eigenvalue weighted by molar-refractivity contribution is 0.409. The molecule has 0 amide bonds. The molecule has 0 radical (unpaired) electrons. The highest BCUT2D eigenvalue weighted by Gasteiger charge is 2.24. The summed E-state index contributed by atoms with van der Waals surface area (Å²) in [4.78, 5) is 0.839. The van der Waals surface area contributed by atoms with E-state index in [9.17, 15) is 0 Å². The quantitative estimate of drug-likeness (QED) is 0.824. The topological polar surface area (TPSA) is 55.1 Å². The van der Waals surface area contributed by atoms with E-state index in [1.54, 1.807) is 22.2 Å². The molecule has 0 saturated carbocycles. The summed E-state index contributed by atoms with van der Waals surface area (Å²) in [6.07, 6.45) is 1.62. The van der Waals surface area contributed by atoms with Crippen molar-refractivity contribution >= 4 is 16.3 Å². The number of nitrogens with zero attached hydrogens (tertiary/aromatic N) is 4. The lowest BCUT2D eigenvalue weighted by Crippen LogP contribution is -2.36. The van der Waals surface area contributed by atoms with Crippen LogP contribution in [0.3, 0.4) is 0 Å². The van der Waals surface area contributed by atoms with Gasteiger partial charge < -0.3 is 5.32 Å². The van der Waals surface area contributed by atoms with Gasteiger partial charge in [0, 0.05) is 0 Å². The highest BCUT2D eigenvalue weighted by atomic mass is 32.1. The van der Waals surface area contributed by atoms with Crippen molar-refractivity contribution in [2.24, 2.45) is 0 Å². The summed E-state index contributed by atoms with van der Waals surface area (Å²) < 4.78 is 1.71. The van der Waals surface area contributed by atoms with Gasteiger partial charge in [-0.3, -0.25) is 0 Å². The molecular formula is C8H13N5S. The third-order valence-corrected chi connectivity index (χ3v) is 3.28. The van der Waals surface area contributed by atoms with Crippen LogP contribution in [-0.2, 0) is 5.54 Å². The molecule has 2 aromatic rings. The summed E-state index contributed by atoms with van der Waals surface area (Å²) in [5.74, 6) is 0. The van der Waals surface area contributed by atoms with Crippen LogP contribution in [0.2, 0.25) is 0 Å². The van der Waals surface area contributed by atoms with Crippen molar-refractivity contribution in [1.29, 1.82) is 0 Å². The summed E-state index contributed by atoms with van der Waals surface area (Å²) in [6.45, 7) is 7.24. The van der Waals surface area contributed by atoms with E-state index in [4.69, 9.17) is 0 Å². The lowest BCUT2D eigenvalue weighted by atomic mass is 10.1. The molecule has 0 fully saturated rings. The molecule has 0 atom stereocenters. The van der Waals surface area contributed by atoms with E-state index in [0.717, 1.165) is 16.5 Å². The smallest absolute Gasteiger partial charge is 0.234 e. The van der Waals surface area contributed by atoms with Crippen LogP contribution in [0.4, 0.5) is 0 Å². The van der Waals surface area contributed by atoms with Crippen molar-refractivity contribution in [3.63, 3.8) is 0 Å². The van der Waals surface area contributed by atoms with E-state index < -0.39 is 0 Å². The SMILES string of the molecule is CCNC(C)(C)c1nn2cnnc2s1. The minimum absolute atomic E-state index is 0.0971. The Morgan fingerprint density at radius 3 is 3.00 bits per heavy atom. The minimum Gasteiger partial charge on any atom is -0.306 e. The average molecular weight is 211 g/mol. The highest BCUT2D eigenvalue weighted by molar-refractivity contribution is 7.16. The maximum atomic E-state index is 4.41. The molecule has 0 spiro atoms. The third kappa shape index (κ3) is 1.51. The van der Waals surface area contributed by atoms with Crippen LogP contribution in [0.15, 0.2) is 6.33 Å². The number of hydrogen-bond acceptors (Lipinski definition) is 5. The first-order valence-corrected chi connectivity index (χ1v) is 5.37. The molecule has 5 nitrogen and oxygen atoms in total. The molecular weight excluding hydrogens is 198 g/mol. The van der Waals surface area contributed by atoms with E-state index >= 15 is 0 Å². The van der Waals surface area contributed by atoms with Crippen LogP contribution in [0.5, 0.6) is 0 Å². The zero-order valence-corrected chi connectivity index (χ0v) is 9.30. The molecule has 1 N–H and O–H groups in total. The fraction of sp³-hybridized carbons (Fsp3) is 0.625. The summed E-state index contributed by atoms with van der Waals surface area (Å²) in [5, 5.41) is 16.5. The number of fused-ring (bicyclic) bond motifs is 1. The number of rotatable bonds is 3. The van der Waals surface area contributed by atoms with Gasteiger partial charge in [0.2, 0.25) is 4.96 Å². The highest BCUT2D eigenvalue weighted by Crippen LogP contribution is 2.24. The summed E-state index contributed by atoms with van der Waals surface area (Å²) in [7, 11) is 0. The van der Waals surface area contributed by atoms with Gasteiger partial charge in [0.1, 0.15) is 11.3 Å². The minimum atomic E-state index is -0.0971. The number of aromatic nitrogens is 4. The fourth-order valence-electron chi connectivity index (χ4n) is 1.33. The summed E-state index contributed by atoms with van der Waals surface area (Å²) in [5.41, 5.74) is -0.0971. The van der Waals surface area contributed by atoms with Gasteiger partial charge in [0.15, 0.2) is 0 Å². The Balaban J connectivity index is 2.38. The van der Waals surface area contributed by atoms with Crippen molar-refractivity contribution < 1.29 is 0 Å². The first-order valence-electron chi connectivity index (χ1n) is 4.56. The van der Waals surface area contributed by atoms with Crippen LogP contribution >= 0.6 is 11.3 Å². The molecule has 0 aromatic carbocycles. The molecule has 0 bridgehead atoms. The van der Waals surface area contributed by atoms with Gasteiger partial charge in [-0.25, -0.2) is 0 Å². The Morgan fingerprint density at radius 1 is 1.57 bits per heavy atom. The second kappa shape index (κ2) is 3.29. The molecule has 2 rings (SSSR count). The average Bonchev–Trinajstić information content (AvgIpc) is 2.60. The maximum Gasteiger partial charge on any atom is 0.234 e. The monoisotopic (exact) mass is 211 g/mol. The second-order valence-electron chi connectivity index (χ2n) is 3.62. The molecule has 76 valence electrons. The van der Waals surface area contributed by atoms with Crippen LogP contribution < -0.4 is 5.32 Å². The molecule has 6 heteroatoms. The maximum absolute atomic E-state index is 4.41. The first-order chi connectivity index (χ1) is 6.63. The Hall–Kier alpha value is -1.01. The van der Waals surface area contributed by atoms with Crippen molar-refractivity contribution in [3.05, 3.63) is 11.3 Å². The van der Waals surface area contributed by atoms with Crippen LogP contribution in [0.25, 0.3) is 4.96 Å². The van der Waals surface area contributed by atoms with Gasteiger partial charge in [-0.2, -0.15) is 9.61 Å². The Morgan fingerprint density at radius 2 is 2.36 bits per heavy atom. The van der Waals surface area contributed by atoms with E-state index in [1.807, 2.05) is 0 Å². The van der Waals surface area contributed by atoms with Crippen molar-refractivity contribution in [3.8, 4) is 0 Å². The summed E-state index contributed by atoms with van der Waals surface area (Å²) >= 11 is 1.57. The van der Waals surface area contributed by atoms with Crippen LogP contribution in [-0.4, -0.2) is 26.4 Å². The second-order valence-corrected chi connectivity index (χ2v) is 4.58. The van der Waals surface area contributed by atoms with Crippen LogP contribution in [0.1, 0.15) is 25.8 Å². The molecule has 14 heavy (non-hydrogen) atoms. The zero-order chi connectivity index (χ0) is 10.2. The Bertz CT molecular complexity index is 401. The van der Waals surface area contributed by atoms with E-state index in [-0.39, 0.29) is 5.54 Å². The van der Waals surface area contributed by atoms with Gasteiger partial charge in [-0.1, -0.05) is 18.3 Å². The van der Waals surface area contributed by atoms with E-state index in [2.05, 4.69) is 41.4 Å². The number of nitrogens with one attached hydrogen (secondary N) is 1. The molecule has 0 unspecified atom stereocenters. The predicted molar refractivity (Wildman–Crippen MR) is 55.4 cm³/mol. The van der Waals surface area contributed by atoms with Gasteiger partial charge >= 0.3 is 0 Å². The molecule has 0 aliphatic heterocycles. The molecule has 2 heterocycles. The van der Waals surface area contributed by atoms with E-state index in [1.165, 1.54) is 0 Å². The molecule has 0 saturated heterocycles. The fourth-order valence-corrected chi connectivity index (χ4v) is 2.23.